The first-order chi connectivity index (χ1) is 12.6. The fourth-order valence-corrected chi connectivity index (χ4v) is 2.90. The minimum absolute atomic E-state index is 0.191. The van der Waals surface area contributed by atoms with Crippen LogP contribution >= 0.6 is 0 Å². The summed E-state index contributed by atoms with van der Waals surface area (Å²) in [7, 11) is 0. The molecule has 0 amide bonds. The van der Waals surface area contributed by atoms with Crippen LogP contribution in [0.1, 0.15) is 5.56 Å². The Morgan fingerprint density at radius 3 is 2.73 bits per heavy atom. The van der Waals surface area contributed by atoms with Crippen molar-refractivity contribution in [2.75, 3.05) is 6.61 Å². The molecule has 0 unspecified atom stereocenters. The Morgan fingerprint density at radius 2 is 1.96 bits per heavy atom. The van der Waals surface area contributed by atoms with Crippen molar-refractivity contribution in [2.45, 2.75) is 19.6 Å². The zero-order chi connectivity index (χ0) is 18.1. The van der Waals surface area contributed by atoms with Crippen molar-refractivity contribution in [1.82, 2.24) is 9.55 Å². The number of halogens is 1. The van der Waals surface area contributed by atoms with Gasteiger partial charge in [-0.05, 0) is 47.9 Å². The third-order valence-electron chi connectivity index (χ3n) is 4.30. The molecule has 3 aromatic rings. The van der Waals surface area contributed by atoms with Gasteiger partial charge in [0.25, 0.3) is 11.6 Å². The van der Waals surface area contributed by atoms with Crippen LogP contribution in [0.5, 0.6) is 11.8 Å². The minimum Gasteiger partial charge on any atom is -0.490 e. The maximum Gasteiger partial charge on any atom is 0.300 e. The number of fused-ring (bicyclic) bond motifs is 1. The van der Waals surface area contributed by atoms with Gasteiger partial charge in [-0.25, -0.2) is 4.39 Å². The molecule has 0 N–H and O–H groups in total. The molecule has 5 nitrogen and oxygen atoms in total. The van der Waals surface area contributed by atoms with Crippen LogP contribution < -0.4 is 15.0 Å². The first-order valence-electron chi connectivity index (χ1n) is 8.32. The van der Waals surface area contributed by atoms with E-state index >= 15 is 0 Å². The van der Waals surface area contributed by atoms with E-state index in [9.17, 15) is 9.18 Å². The van der Waals surface area contributed by atoms with E-state index in [1.54, 1.807) is 23.8 Å². The fourth-order valence-electron chi connectivity index (χ4n) is 2.90. The van der Waals surface area contributed by atoms with Gasteiger partial charge in [-0.2, -0.15) is 4.98 Å². The molecular formula is C20H17FN2O3. The smallest absolute Gasteiger partial charge is 0.300 e. The molecule has 6 heteroatoms. The van der Waals surface area contributed by atoms with Crippen LogP contribution in [0.2, 0.25) is 0 Å². The lowest BCUT2D eigenvalue weighted by Crippen LogP contribution is -2.23. The molecule has 2 heterocycles. The van der Waals surface area contributed by atoms with Crippen molar-refractivity contribution >= 4 is 0 Å². The highest BCUT2D eigenvalue weighted by molar-refractivity contribution is 5.64. The monoisotopic (exact) mass is 352 g/mol. The molecule has 1 aliphatic heterocycles. The predicted molar refractivity (Wildman–Crippen MR) is 95.0 cm³/mol. The lowest BCUT2D eigenvalue weighted by atomic mass is 10.0. The summed E-state index contributed by atoms with van der Waals surface area (Å²) in [5, 5.41) is 0. The van der Waals surface area contributed by atoms with E-state index in [1.807, 2.05) is 30.3 Å². The topological polar surface area (TPSA) is 53.4 Å². The number of benzene rings is 2. The number of aryl methyl sites for hydroxylation is 1. The Labute approximate surface area is 149 Å². The Bertz CT molecular complexity index is 999. The molecule has 2 aromatic carbocycles. The molecule has 1 aromatic heterocycles. The van der Waals surface area contributed by atoms with Crippen molar-refractivity contribution < 1.29 is 13.9 Å². The van der Waals surface area contributed by atoms with Crippen LogP contribution in [0.3, 0.4) is 0 Å². The standard InChI is InChI=1S/C20H17FN2O3/c1-13-10-15(4-7-18(13)21)14-2-5-16(6-3-14)25-12-17-11-23-9-8-19(24)22-20(23)26-17/h2-10,17H,11-12H2,1H3/t17-/m0/s1. The van der Waals surface area contributed by atoms with E-state index in [0.717, 1.165) is 16.9 Å². The maximum atomic E-state index is 13.4. The van der Waals surface area contributed by atoms with Gasteiger partial charge in [0.1, 0.15) is 18.2 Å². The Hall–Kier alpha value is -3.15. The lowest BCUT2D eigenvalue weighted by Gasteiger charge is -2.11. The van der Waals surface area contributed by atoms with Crippen LogP contribution in [0.25, 0.3) is 11.1 Å². The third-order valence-corrected chi connectivity index (χ3v) is 4.30. The zero-order valence-corrected chi connectivity index (χ0v) is 14.2. The average Bonchev–Trinajstić information content (AvgIpc) is 3.05. The summed E-state index contributed by atoms with van der Waals surface area (Å²) in [6, 6.07) is 14.4. The molecule has 0 fully saturated rings. The van der Waals surface area contributed by atoms with E-state index in [-0.39, 0.29) is 17.5 Å². The van der Waals surface area contributed by atoms with Crippen molar-refractivity contribution in [3.63, 3.8) is 0 Å². The highest BCUT2D eigenvalue weighted by Crippen LogP contribution is 2.25. The SMILES string of the molecule is Cc1cc(-c2ccc(OC[C@@H]3Cn4ccc(=O)nc4O3)cc2)ccc1F. The molecule has 1 atom stereocenters. The van der Waals surface area contributed by atoms with E-state index in [4.69, 9.17) is 9.47 Å². The van der Waals surface area contributed by atoms with Gasteiger partial charge in [0.2, 0.25) is 0 Å². The van der Waals surface area contributed by atoms with Gasteiger partial charge >= 0.3 is 0 Å². The molecule has 132 valence electrons. The summed E-state index contributed by atoms with van der Waals surface area (Å²) in [6.45, 7) is 2.70. The second kappa shape index (κ2) is 6.63. The highest BCUT2D eigenvalue weighted by atomic mass is 19.1. The van der Waals surface area contributed by atoms with E-state index < -0.39 is 0 Å². The second-order valence-electron chi connectivity index (χ2n) is 6.24. The first kappa shape index (κ1) is 16.3. The number of aromatic nitrogens is 2. The van der Waals surface area contributed by atoms with Gasteiger partial charge in [-0.3, -0.25) is 9.36 Å². The van der Waals surface area contributed by atoms with Crippen LogP contribution in [-0.2, 0) is 6.54 Å². The molecule has 0 radical (unpaired) electrons. The van der Waals surface area contributed by atoms with Gasteiger partial charge in [-0.1, -0.05) is 18.2 Å². The predicted octanol–water partition coefficient (Wildman–Crippen LogP) is 3.20. The molecule has 1 aliphatic rings. The molecule has 26 heavy (non-hydrogen) atoms. The van der Waals surface area contributed by atoms with Crippen molar-refractivity contribution in [1.29, 1.82) is 0 Å². The maximum absolute atomic E-state index is 13.4. The molecule has 4 rings (SSSR count). The Balaban J connectivity index is 1.39. The van der Waals surface area contributed by atoms with E-state index in [1.165, 1.54) is 12.1 Å². The van der Waals surface area contributed by atoms with Crippen molar-refractivity contribution in [3.8, 4) is 22.9 Å². The number of rotatable bonds is 4. The summed E-state index contributed by atoms with van der Waals surface area (Å²) >= 11 is 0. The normalized spacial score (nSPS) is 15.4. The van der Waals surface area contributed by atoms with Crippen LogP contribution in [0.15, 0.2) is 59.5 Å². The van der Waals surface area contributed by atoms with E-state index in [2.05, 4.69) is 4.98 Å². The largest absolute Gasteiger partial charge is 0.490 e. The minimum atomic E-state index is -0.315. The third kappa shape index (κ3) is 3.31. The quantitative estimate of drug-likeness (QED) is 0.724. The number of hydrogen-bond acceptors (Lipinski definition) is 4. The Morgan fingerprint density at radius 1 is 1.19 bits per heavy atom. The molecule has 0 saturated heterocycles. The second-order valence-corrected chi connectivity index (χ2v) is 6.24. The number of ether oxygens (including phenoxy) is 2. The van der Waals surface area contributed by atoms with Gasteiger partial charge in [0.05, 0.1) is 6.54 Å². The van der Waals surface area contributed by atoms with Crippen LogP contribution in [0.4, 0.5) is 4.39 Å². The first-order valence-corrected chi connectivity index (χ1v) is 8.32. The van der Waals surface area contributed by atoms with Gasteiger partial charge in [-0.15, -0.1) is 0 Å². The number of nitrogens with zero attached hydrogens (tertiary/aromatic N) is 2. The zero-order valence-electron chi connectivity index (χ0n) is 14.2. The van der Waals surface area contributed by atoms with Crippen LogP contribution in [0, 0.1) is 12.7 Å². The van der Waals surface area contributed by atoms with Gasteiger partial charge < -0.3 is 9.47 Å². The molecule has 0 spiro atoms. The van der Waals surface area contributed by atoms with Crippen molar-refractivity contribution in [3.05, 3.63) is 76.5 Å². The average molecular weight is 352 g/mol. The summed E-state index contributed by atoms with van der Waals surface area (Å²) in [5.74, 6) is 0.511. The Kier molecular flexibility index (Phi) is 4.16. The molecule has 0 saturated carbocycles. The van der Waals surface area contributed by atoms with Gasteiger partial charge in [0, 0.05) is 12.3 Å². The summed E-state index contributed by atoms with van der Waals surface area (Å²) in [4.78, 5) is 15.1. The summed E-state index contributed by atoms with van der Waals surface area (Å²) in [5.41, 5.74) is 2.26. The lowest BCUT2D eigenvalue weighted by molar-refractivity contribution is 0.143. The number of hydrogen-bond donors (Lipinski definition) is 0. The summed E-state index contributed by atoms with van der Waals surface area (Å²) < 4.78 is 26.6. The van der Waals surface area contributed by atoms with Crippen LogP contribution in [-0.4, -0.2) is 22.3 Å². The molecule has 0 aliphatic carbocycles. The molecule has 0 bridgehead atoms. The fraction of sp³-hybridized carbons (Fsp3) is 0.200. The highest BCUT2D eigenvalue weighted by Gasteiger charge is 2.23. The summed E-state index contributed by atoms with van der Waals surface area (Å²) in [6.07, 6.45) is 1.48. The van der Waals surface area contributed by atoms with E-state index in [0.29, 0.717) is 24.7 Å². The van der Waals surface area contributed by atoms with Crippen molar-refractivity contribution in [2.24, 2.45) is 0 Å². The molecular weight excluding hydrogens is 335 g/mol. The van der Waals surface area contributed by atoms with Gasteiger partial charge in [0.15, 0.2) is 6.10 Å².